The average molecular weight is 773 g/mol. The lowest BCUT2D eigenvalue weighted by Crippen LogP contribution is -2.55. The van der Waals surface area contributed by atoms with E-state index in [4.69, 9.17) is 14.2 Å². The van der Waals surface area contributed by atoms with E-state index in [1.54, 1.807) is 6.26 Å². The quantitative estimate of drug-likeness (QED) is 0.140. The van der Waals surface area contributed by atoms with Crippen molar-refractivity contribution >= 4 is 23.5 Å². The van der Waals surface area contributed by atoms with E-state index in [0.29, 0.717) is 47.1 Å². The molecule has 0 heterocycles. The van der Waals surface area contributed by atoms with Crippen LogP contribution in [0.4, 0.5) is 0 Å². The van der Waals surface area contributed by atoms with Gasteiger partial charge in [-0.2, -0.15) is 0 Å². The molecule has 56 heavy (non-hydrogen) atoms. The highest BCUT2D eigenvalue weighted by atomic mass is 16.7. The molecule has 5 unspecified atom stereocenters. The third-order valence-electron chi connectivity index (χ3n) is 18.6. The van der Waals surface area contributed by atoms with Crippen LogP contribution in [0.3, 0.4) is 0 Å². The van der Waals surface area contributed by atoms with E-state index in [1.165, 1.54) is 77.0 Å². The molecule has 0 aromatic rings. The first-order valence-electron chi connectivity index (χ1n) is 23.2. The van der Waals surface area contributed by atoms with Crippen LogP contribution in [0.1, 0.15) is 148 Å². The molecular weight excluding hydrogens is 705 g/mol. The van der Waals surface area contributed by atoms with Crippen molar-refractivity contribution in [1.29, 1.82) is 0 Å². The smallest absolute Gasteiger partial charge is 0.314 e. The standard InChI is InChI=1S/C24H34O4.C13H20O.C11H14O3/c1-14(27-13-23-7-15-2-16(8-23)4-17(3-15)9-23)28-22(26)24-10-18-5-19(11-24)21(25)20(6-18)12-24;1-2-14-9-13-6-10-3-11(7-13)5-12(4-10)8-13;12-9-7-1-6-2-8(9)5-11(3-6,4-7)10(13)14/h14-20H,2-13H2,1H3;2,10-12H,1,3-9H2;6-8H,1-5H2,(H,13,14). The van der Waals surface area contributed by atoms with E-state index >= 15 is 0 Å². The number of esters is 1. The van der Waals surface area contributed by atoms with Gasteiger partial charge < -0.3 is 19.3 Å². The molecule has 8 nitrogen and oxygen atoms in total. The van der Waals surface area contributed by atoms with Gasteiger partial charge in [-0.15, -0.1) is 0 Å². The van der Waals surface area contributed by atoms with Gasteiger partial charge in [0.05, 0.1) is 30.3 Å². The predicted octanol–water partition coefficient (Wildman–Crippen LogP) is 9.33. The van der Waals surface area contributed by atoms with Crippen molar-refractivity contribution in [2.24, 2.45) is 92.7 Å². The summed E-state index contributed by atoms with van der Waals surface area (Å²) in [6.45, 7) is 7.25. The summed E-state index contributed by atoms with van der Waals surface area (Å²) in [7, 11) is 0. The lowest BCUT2D eigenvalue weighted by atomic mass is 9.49. The van der Waals surface area contributed by atoms with Crippen LogP contribution in [-0.2, 0) is 33.4 Å². The Hall–Kier alpha value is -2.22. The number of Topliss-reactive ketones (excluding diaryl/α,β-unsaturated/α-hetero) is 2. The molecule has 0 saturated heterocycles. The van der Waals surface area contributed by atoms with Crippen LogP contribution in [0.2, 0.25) is 0 Å². The second kappa shape index (κ2) is 13.9. The average Bonchev–Trinajstić information content (AvgIpc) is 3.13. The van der Waals surface area contributed by atoms with Crippen LogP contribution in [0.5, 0.6) is 0 Å². The van der Waals surface area contributed by atoms with E-state index in [0.717, 1.165) is 100 Å². The lowest BCUT2D eigenvalue weighted by molar-refractivity contribution is -0.209. The summed E-state index contributed by atoms with van der Waals surface area (Å²) < 4.78 is 17.5. The van der Waals surface area contributed by atoms with Crippen LogP contribution >= 0.6 is 0 Å². The second-order valence-corrected chi connectivity index (χ2v) is 23.0. The minimum absolute atomic E-state index is 0.0809. The Kier molecular flexibility index (Phi) is 9.46. The fraction of sp³-hybridized carbons (Fsp3) is 0.875. The first kappa shape index (κ1) is 38.0. The number of carbonyl (C=O) groups is 4. The van der Waals surface area contributed by atoms with Crippen molar-refractivity contribution in [3.8, 4) is 0 Å². The minimum Gasteiger partial charge on any atom is -0.501 e. The van der Waals surface area contributed by atoms with Crippen LogP contribution in [-0.4, -0.2) is 48.1 Å². The highest BCUT2D eigenvalue weighted by Gasteiger charge is 2.60. The molecule has 16 aliphatic rings. The van der Waals surface area contributed by atoms with Gasteiger partial charge in [-0.25, -0.2) is 0 Å². The third kappa shape index (κ3) is 6.74. The summed E-state index contributed by atoms with van der Waals surface area (Å²) in [5.41, 5.74) is -0.0153. The van der Waals surface area contributed by atoms with Gasteiger partial charge >= 0.3 is 11.9 Å². The SMILES string of the molecule is C=COCC12CC3CC(CC(C3)C1)C2.CC(OCC12CC3CC(CC(C3)C1)C2)OC(=O)C12CC3CC(C1)C(=O)C(C3)C2.O=C1C2CC3CC1CC(C(=O)O)(C3)C2. The Morgan fingerprint density at radius 3 is 1.34 bits per heavy atom. The number of ether oxygens (including phenoxy) is 3. The molecule has 0 amide bonds. The number of carboxylic acids is 1. The molecule has 16 saturated carbocycles. The number of rotatable bonds is 9. The second-order valence-electron chi connectivity index (χ2n) is 23.0. The molecule has 1 N–H and O–H groups in total. The topological polar surface area (TPSA) is 116 Å². The zero-order valence-electron chi connectivity index (χ0n) is 34.1. The molecule has 16 fully saturated rings. The van der Waals surface area contributed by atoms with Gasteiger partial charge in [-0.05, 0) is 201 Å². The summed E-state index contributed by atoms with van der Waals surface area (Å²) in [5, 5.41) is 9.25. The Morgan fingerprint density at radius 1 is 0.589 bits per heavy atom. The molecule has 0 spiro atoms. The number of carbonyl (C=O) groups excluding carboxylic acids is 3. The van der Waals surface area contributed by atoms with Gasteiger partial charge in [0.25, 0.3) is 0 Å². The van der Waals surface area contributed by atoms with Crippen molar-refractivity contribution in [3.63, 3.8) is 0 Å². The van der Waals surface area contributed by atoms with Gasteiger partial charge in [-0.1, -0.05) is 6.58 Å². The maximum atomic E-state index is 13.1. The normalized spacial score (nSPS) is 50.5. The molecule has 16 rings (SSSR count). The van der Waals surface area contributed by atoms with Crippen molar-refractivity contribution < 1.29 is 38.5 Å². The van der Waals surface area contributed by atoms with Gasteiger partial charge in [0.15, 0.2) is 6.29 Å². The maximum Gasteiger partial charge on any atom is 0.314 e. The van der Waals surface area contributed by atoms with E-state index in [2.05, 4.69) is 6.58 Å². The van der Waals surface area contributed by atoms with Crippen molar-refractivity contribution in [3.05, 3.63) is 12.8 Å². The van der Waals surface area contributed by atoms with E-state index in [-0.39, 0.29) is 29.6 Å². The maximum absolute atomic E-state index is 13.1. The molecule has 0 aliphatic heterocycles. The Labute approximate surface area is 334 Å². The van der Waals surface area contributed by atoms with E-state index in [1.807, 2.05) is 6.92 Å². The van der Waals surface area contributed by atoms with E-state index < -0.39 is 23.1 Å². The highest BCUT2D eigenvalue weighted by Crippen LogP contribution is 2.63. The molecule has 308 valence electrons. The summed E-state index contributed by atoms with van der Waals surface area (Å²) >= 11 is 0. The minimum atomic E-state index is -0.663. The van der Waals surface area contributed by atoms with Gasteiger partial charge in [-0.3, -0.25) is 19.2 Å². The van der Waals surface area contributed by atoms with Crippen LogP contribution in [0.25, 0.3) is 0 Å². The predicted molar refractivity (Wildman–Crippen MR) is 208 cm³/mol. The molecule has 0 radical (unpaired) electrons. The molecule has 0 aromatic heterocycles. The molecular formula is C48H68O8. The lowest BCUT2D eigenvalue weighted by Gasteiger charge is -2.56. The van der Waals surface area contributed by atoms with Crippen LogP contribution in [0, 0.1) is 92.7 Å². The summed E-state index contributed by atoms with van der Waals surface area (Å²) in [6.07, 6.45) is 26.7. The van der Waals surface area contributed by atoms with Gasteiger partial charge in [0, 0.05) is 29.1 Å². The van der Waals surface area contributed by atoms with Gasteiger partial charge in [0.2, 0.25) is 0 Å². The van der Waals surface area contributed by atoms with Crippen molar-refractivity contribution in [2.45, 2.75) is 154 Å². The van der Waals surface area contributed by atoms with Crippen LogP contribution < -0.4 is 0 Å². The zero-order valence-corrected chi connectivity index (χ0v) is 34.1. The number of carboxylic acid groups (broad SMARTS) is 1. The molecule has 8 heteroatoms. The van der Waals surface area contributed by atoms with Crippen LogP contribution in [0.15, 0.2) is 12.8 Å². The third-order valence-corrected chi connectivity index (χ3v) is 18.6. The first-order chi connectivity index (χ1) is 26.8. The molecule has 5 atom stereocenters. The molecule has 0 aromatic carbocycles. The summed E-state index contributed by atoms with van der Waals surface area (Å²) in [5.74, 6) is 7.34. The number of hydrogen-bond donors (Lipinski definition) is 1. The number of hydrogen-bond acceptors (Lipinski definition) is 7. The largest absolute Gasteiger partial charge is 0.501 e. The summed E-state index contributed by atoms with van der Waals surface area (Å²) in [6, 6.07) is 0. The van der Waals surface area contributed by atoms with E-state index in [9.17, 15) is 24.3 Å². The van der Waals surface area contributed by atoms with Crippen molar-refractivity contribution in [1.82, 2.24) is 0 Å². The summed E-state index contributed by atoms with van der Waals surface area (Å²) in [4.78, 5) is 48.5. The number of ketones is 2. The zero-order chi connectivity index (χ0) is 38.6. The Morgan fingerprint density at radius 2 is 0.946 bits per heavy atom. The number of aliphatic carboxylic acids is 1. The Balaban J connectivity index is 0.000000115. The van der Waals surface area contributed by atoms with Crippen molar-refractivity contribution in [2.75, 3.05) is 13.2 Å². The Bertz CT molecular complexity index is 1500. The van der Waals surface area contributed by atoms with Gasteiger partial charge in [0.1, 0.15) is 11.6 Å². The fourth-order valence-electron chi connectivity index (χ4n) is 17.8. The molecule has 16 bridgehead atoms. The monoisotopic (exact) mass is 772 g/mol. The highest BCUT2D eigenvalue weighted by molar-refractivity contribution is 5.90. The molecule has 16 aliphatic carbocycles. The fourth-order valence-corrected chi connectivity index (χ4v) is 17.8. The first-order valence-corrected chi connectivity index (χ1v) is 23.2.